The largest absolute Gasteiger partial charge is 0.336 e. The van der Waals surface area contributed by atoms with Gasteiger partial charge in [-0.1, -0.05) is 0 Å². The molecule has 0 saturated carbocycles. The van der Waals surface area contributed by atoms with E-state index >= 15 is 0 Å². The summed E-state index contributed by atoms with van der Waals surface area (Å²) >= 11 is 0. The van der Waals surface area contributed by atoms with Gasteiger partial charge in [-0.3, -0.25) is 14.4 Å². The zero-order chi connectivity index (χ0) is 13.8. The number of nitrogens with two attached hydrogens (primary N) is 1. The molecule has 0 unspecified atom stereocenters. The molecule has 1 aliphatic heterocycles. The van der Waals surface area contributed by atoms with Crippen molar-refractivity contribution < 1.29 is 4.79 Å². The summed E-state index contributed by atoms with van der Waals surface area (Å²) in [5.74, 6) is 0.101. The average molecular weight is 265 g/mol. The first-order valence-electron chi connectivity index (χ1n) is 6.83. The van der Waals surface area contributed by atoms with Gasteiger partial charge in [-0.25, -0.2) is 0 Å². The molecule has 0 spiro atoms. The lowest BCUT2D eigenvalue weighted by molar-refractivity contribution is 0.0636. The molecule has 1 saturated heterocycles. The first kappa shape index (κ1) is 14.0. The van der Waals surface area contributed by atoms with Gasteiger partial charge >= 0.3 is 0 Å². The van der Waals surface area contributed by atoms with E-state index in [0.717, 1.165) is 56.9 Å². The van der Waals surface area contributed by atoms with E-state index in [1.807, 2.05) is 18.9 Å². The quantitative estimate of drug-likeness (QED) is 0.821. The van der Waals surface area contributed by atoms with Crippen molar-refractivity contribution >= 4 is 5.91 Å². The third-order valence-electron chi connectivity index (χ3n) is 3.58. The van der Waals surface area contributed by atoms with Crippen LogP contribution < -0.4 is 5.73 Å². The minimum atomic E-state index is 0.101. The van der Waals surface area contributed by atoms with Crippen LogP contribution in [-0.2, 0) is 7.05 Å². The fraction of sp³-hybridized carbons (Fsp3) is 0.692. The van der Waals surface area contributed by atoms with E-state index in [0.29, 0.717) is 0 Å². The minimum Gasteiger partial charge on any atom is -0.336 e. The van der Waals surface area contributed by atoms with E-state index in [2.05, 4.69) is 10.00 Å². The van der Waals surface area contributed by atoms with Crippen LogP contribution >= 0.6 is 0 Å². The van der Waals surface area contributed by atoms with Crippen molar-refractivity contribution in [3.63, 3.8) is 0 Å². The van der Waals surface area contributed by atoms with Crippen molar-refractivity contribution in [3.05, 3.63) is 17.5 Å². The predicted molar refractivity (Wildman–Crippen MR) is 74.0 cm³/mol. The maximum Gasteiger partial charge on any atom is 0.257 e. The number of aromatic nitrogens is 2. The summed E-state index contributed by atoms with van der Waals surface area (Å²) in [6.45, 7) is 7.09. The van der Waals surface area contributed by atoms with E-state index in [4.69, 9.17) is 5.73 Å². The molecular weight excluding hydrogens is 242 g/mol. The Hall–Kier alpha value is -1.40. The van der Waals surface area contributed by atoms with Crippen molar-refractivity contribution in [2.45, 2.75) is 13.3 Å². The summed E-state index contributed by atoms with van der Waals surface area (Å²) in [5, 5.41) is 4.23. The van der Waals surface area contributed by atoms with E-state index in [1.54, 1.807) is 10.9 Å². The lowest BCUT2D eigenvalue weighted by Gasteiger charge is -2.34. The van der Waals surface area contributed by atoms with Crippen LogP contribution in [0.2, 0.25) is 0 Å². The highest BCUT2D eigenvalue weighted by Gasteiger charge is 2.23. The molecule has 0 radical (unpaired) electrons. The monoisotopic (exact) mass is 265 g/mol. The van der Waals surface area contributed by atoms with E-state index < -0.39 is 0 Å². The molecule has 106 valence electrons. The number of carbonyl (C=O) groups is 1. The third kappa shape index (κ3) is 3.33. The summed E-state index contributed by atoms with van der Waals surface area (Å²) < 4.78 is 1.69. The summed E-state index contributed by atoms with van der Waals surface area (Å²) in [5.41, 5.74) is 7.04. The molecule has 2 rings (SSSR count). The SMILES string of the molecule is Cc1nn(C)cc1C(=O)N1CCN(CCCN)CC1. The summed E-state index contributed by atoms with van der Waals surface area (Å²) in [6, 6.07) is 0. The number of rotatable bonds is 4. The van der Waals surface area contributed by atoms with Crippen LogP contribution in [0.25, 0.3) is 0 Å². The maximum atomic E-state index is 12.4. The van der Waals surface area contributed by atoms with Crippen LogP contribution in [0.3, 0.4) is 0 Å². The number of hydrogen-bond acceptors (Lipinski definition) is 4. The van der Waals surface area contributed by atoms with Crippen molar-refractivity contribution in [1.82, 2.24) is 19.6 Å². The number of nitrogens with zero attached hydrogens (tertiary/aromatic N) is 4. The van der Waals surface area contributed by atoms with Gasteiger partial charge in [0.1, 0.15) is 0 Å². The molecule has 1 amide bonds. The molecular formula is C13H23N5O. The Labute approximate surface area is 114 Å². The highest BCUT2D eigenvalue weighted by molar-refractivity contribution is 5.95. The minimum absolute atomic E-state index is 0.101. The Morgan fingerprint density at radius 3 is 2.58 bits per heavy atom. The smallest absolute Gasteiger partial charge is 0.257 e. The van der Waals surface area contributed by atoms with Gasteiger partial charge in [0, 0.05) is 39.4 Å². The van der Waals surface area contributed by atoms with Crippen LogP contribution in [0.5, 0.6) is 0 Å². The molecule has 6 nitrogen and oxygen atoms in total. The Bertz CT molecular complexity index is 434. The van der Waals surface area contributed by atoms with Gasteiger partial charge in [-0.05, 0) is 26.4 Å². The first-order chi connectivity index (χ1) is 9.11. The number of aryl methyl sites for hydroxylation is 2. The van der Waals surface area contributed by atoms with Crippen molar-refractivity contribution in [2.24, 2.45) is 12.8 Å². The fourth-order valence-corrected chi connectivity index (χ4v) is 2.47. The third-order valence-corrected chi connectivity index (χ3v) is 3.58. The van der Waals surface area contributed by atoms with Gasteiger partial charge < -0.3 is 10.6 Å². The molecule has 0 aromatic carbocycles. The van der Waals surface area contributed by atoms with E-state index in [1.165, 1.54) is 0 Å². The number of carbonyl (C=O) groups excluding carboxylic acids is 1. The topological polar surface area (TPSA) is 67.4 Å². The zero-order valence-corrected chi connectivity index (χ0v) is 11.8. The Kier molecular flexibility index (Phi) is 4.55. The Morgan fingerprint density at radius 1 is 1.37 bits per heavy atom. The molecule has 2 heterocycles. The van der Waals surface area contributed by atoms with Crippen LogP contribution in [-0.4, -0.2) is 64.8 Å². The molecule has 0 atom stereocenters. The van der Waals surface area contributed by atoms with Gasteiger partial charge in [0.15, 0.2) is 0 Å². The molecule has 1 fully saturated rings. The van der Waals surface area contributed by atoms with Crippen molar-refractivity contribution in [1.29, 1.82) is 0 Å². The molecule has 19 heavy (non-hydrogen) atoms. The number of piperazine rings is 1. The lowest BCUT2D eigenvalue weighted by atomic mass is 10.2. The lowest BCUT2D eigenvalue weighted by Crippen LogP contribution is -2.49. The zero-order valence-electron chi connectivity index (χ0n) is 11.8. The molecule has 2 N–H and O–H groups in total. The molecule has 1 aromatic rings. The van der Waals surface area contributed by atoms with Gasteiger partial charge in [-0.15, -0.1) is 0 Å². The second kappa shape index (κ2) is 6.16. The molecule has 1 aliphatic rings. The van der Waals surface area contributed by atoms with Gasteiger partial charge in [0.05, 0.1) is 11.3 Å². The highest BCUT2D eigenvalue weighted by atomic mass is 16.2. The molecule has 6 heteroatoms. The van der Waals surface area contributed by atoms with E-state index in [9.17, 15) is 4.79 Å². The fourth-order valence-electron chi connectivity index (χ4n) is 2.47. The second-order valence-corrected chi connectivity index (χ2v) is 5.08. The van der Waals surface area contributed by atoms with Crippen LogP contribution in [0.1, 0.15) is 22.5 Å². The summed E-state index contributed by atoms with van der Waals surface area (Å²) in [4.78, 5) is 16.7. The van der Waals surface area contributed by atoms with Crippen molar-refractivity contribution in [2.75, 3.05) is 39.3 Å². The van der Waals surface area contributed by atoms with E-state index in [-0.39, 0.29) is 5.91 Å². The number of hydrogen-bond donors (Lipinski definition) is 1. The summed E-state index contributed by atoms with van der Waals surface area (Å²) in [7, 11) is 1.84. The van der Waals surface area contributed by atoms with Crippen molar-refractivity contribution in [3.8, 4) is 0 Å². The van der Waals surface area contributed by atoms with Gasteiger partial charge in [0.25, 0.3) is 5.91 Å². The Morgan fingerprint density at radius 2 is 2.05 bits per heavy atom. The maximum absolute atomic E-state index is 12.4. The summed E-state index contributed by atoms with van der Waals surface area (Å²) in [6.07, 6.45) is 2.83. The molecule has 0 aliphatic carbocycles. The number of amides is 1. The molecule has 0 bridgehead atoms. The van der Waals surface area contributed by atoms with Gasteiger partial charge in [0.2, 0.25) is 0 Å². The highest BCUT2D eigenvalue weighted by Crippen LogP contribution is 2.11. The Balaban J connectivity index is 1.91. The van der Waals surface area contributed by atoms with Gasteiger partial charge in [-0.2, -0.15) is 5.10 Å². The normalized spacial score (nSPS) is 16.9. The predicted octanol–water partition coefficient (Wildman–Crippen LogP) is -0.165. The molecule has 1 aromatic heterocycles. The second-order valence-electron chi connectivity index (χ2n) is 5.08. The average Bonchev–Trinajstić information content (AvgIpc) is 2.75. The van der Waals surface area contributed by atoms with Crippen LogP contribution in [0, 0.1) is 6.92 Å². The standard InChI is InChI=1S/C13H23N5O/c1-11-12(10-16(2)15-11)13(19)18-8-6-17(7-9-18)5-3-4-14/h10H,3-9,14H2,1-2H3. The van der Waals surface area contributed by atoms with Crippen LogP contribution in [0.4, 0.5) is 0 Å². The van der Waals surface area contributed by atoms with Crippen LogP contribution in [0.15, 0.2) is 6.20 Å². The first-order valence-corrected chi connectivity index (χ1v) is 6.83.